The molecule has 1 unspecified atom stereocenters. The number of unbranched alkanes of at least 4 members (excludes halogenated alkanes) is 1. The predicted octanol–water partition coefficient (Wildman–Crippen LogP) is -2.14. The van der Waals surface area contributed by atoms with Gasteiger partial charge in [0.1, 0.15) is 34.9 Å². The summed E-state index contributed by atoms with van der Waals surface area (Å²) >= 11 is 0.690. The Morgan fingerprint density at radius 1 is 1.27 bits per heavy atom. The van der Waals surface area contributed by atoms with Crippen molar-refractivity contribution in [2.24, 2.45) is 5.16 Å². The van der Waals surface area contributed by atoms with Crippen LogP contribution in [0.25, 0.3) is 0 Å². The number of ether oxygens (including phenoxy) is 1. The van der Waals surface area contributed by atoms with Crippen molar-refractivity contribution in [2.45, 2.75) is 49.1 Å². The van der Waals surface area contributed by atoms with Gasteiger partial charge in [-0.25, -0.2) is 0 Å². The molecule has 0 aromatic heterocycles. The van der Waals surface area contributed by atoms with Crippen molar-refractivity contribution in [2.75, 3.05) is 18.6 Å². The number of oxime groups is 1. The summed E-state index contributed by atoms with van der Waals surface area (Å²) in [5.74, 6) is 0.415. The second-order valence-corrected chi connectivity index (χ2v) is 9.21. The minimum atomic E-state index is -5.08. The number of hydrogen-bond acceptors (Lipinski definition) is 12. The fourth-order valence-electron chi connectivity index (χ4n) is 2.09. The Labute approximate surface area is 157 Å². The summed E-state index contributed by atoms with van der Waals surface area (Å²) in [6.45, 7) is -0.623. The first kappa shape index (κ1) is 23.7. The maximum Gasteiger partial charge on any atom is 0.284 e. The van der Waals surface area contributed by atoms with Crippen LogP contribution < -0.4 is 0 Å². The van der Waals surface area contributed by atoms with E-state index in [2.05, 4.69) is 9.44 Å². The van der Waals surface area contributed by atoms with E-state index >= 15 is 0 Å². The van der Waals surface area contributed by atoms with E-state index in [0.717, 1.165) is 0 Å². The Hall–Kier alpha value is -0.320. The number of aliphatic hydroxyl groups excluding tert-OH is 4. The Balaban J connectivity index is 2.80. The monoisotopic (exact) mass is 436 g/mol. The number of nitrogens with zero attached hydrogens (tertiary/aromatic N) is 1. The van der Waals surface area contributed by atoms with Crippen LogP contribution in [-0.2, 0) is 30.2 Å². The fraction of sp³-hybridized carbons (Fsp3) is 0.917. The standard InChI is InChI=1S/C12H23NO10S3/c1-25(18)5-3-2-4-8(13-23-26(19,20)21)24-12-11(17)10(16)9(15)7(6-14)22-12/h7,9-12,14-17H,2-6H2,1H3,(H,19,20,21)/p-1/t7-,9-,10+,11-,12+,25?/m1/s1. The van der Waals surface area contributed by atoms with Gasteiger partial charge in [0.25, 0.3) is 10.4 Å². The van der Waals surface area contributed by atoms with E-state index in [1.807, 2.05) is 0 Å². The highest BCUT2D eigenvalue weighted by Crippen LogP contribution is 2.30. The molecular weight excluding hydrogens is 414 g/mol. The molecule has 0 amide bonds. The van der Waals surface area contributed by atoms with E-state index in [0.29, 0.717) is 30.4 Å². The van der Waals surface area contributed by atoms with Crippen LogP contribution in [0, 0.1) is 0 Å². The molecule has 6 atom stereocenters. The van der Waals surface area contributed by atoms with Gasteiger partial charge in [-0.2, -0.15) is 8.42 Å². The zero-order valence-corrected chi connectivity index (χ0v) is 16.3. The SMILES string of the molecule is CS(=O)CCCCC(=NOS(=O)(=O)[O-])S[C@@H]1O[C@H](CO)[C@@H](O)[C@H](O)[C@H]1O. The van der Waals surface area contributed by atoms with Gasteiger partial charge < -0.3 is 29.7 Å². The van der Waals surface area contributed by atoms with Crippen molar-refractivity contribution < 1.29 is 46.6 Å². The minimum absolute atomic E-state index is 0.0179. The van der Waals surface area contributed by atoms with Gasteiger partial charge in [0, 0.05) is 22.8 Å². The highest BCUT2D eigenvalue weighted by atomic mass is 32.3. The normalized spacial score (nSPS) is 31.6. The molecule has 1 aliphatic rings. The molecule has 1 heterocycles. The van der Waals surface area contributed by atoms with Gasteiger partial charge in [-0.15, -0.1) is 0 Å². The molecule has 1 rings (SSSR count). The first-order valence-corrected chi connectivity index (χ1v) is 11.5. The third kappa shape index (κ3) is 8.14. The molecule has 26 heavy (non-hydrogen) atoms. The van der Waals surface area contributed by atoms with Crippen molar-refractivity contribution in [3.05, 3.63) is 0 Å². The molecule has 0 spiro atoms. The molecule has 0 radical (unpaired) electrons. The van der Waals surface area contributed by atoms with Crippen LogP contribution in [0.5, 0.6) is 0 Å². The number of rotatable bonds is 9. The molecule has 1 aliphatic heterocycles. The lowest BCUT2D eigenvalue weighted by molar-refractivity contribution is -0.205. The van der Waals surface area contributed by atoms with Crippen LogP contribution in [0.15, 0.2) is 5.16 Å². The van der Waals surface area contributed by atoms with Gasteiger partial charge in [-0.05, 0) is 19.3 Å². The van der Waals surface area contributed by atoms with E-state index in [9.17, 15) is 32.5 Å². The highest BCUT2D eigenvalue weighted by molar-refractivity contribution is 8.14. The molecule has 11 nitrogen and oxygen atoms in total. The summed E-state index contributed by atoms with van der Waals surface area (Å²) < 4.78 is 51.9. The largest absolute Gasteiger partial charge is 0.714 e. The molecule has 1 fully saturated rings. The highest BCUT2D eigenvalue weighted by Gasteiger charge is 2.44. The van der Waals surface area contributed by atoms with Crippen molar-refractivity contribution >= 4 is 38.0 Å². The van der Waals surface area contributed by atoms with Crippen LogP contribution in [0.2, 0.25) is 0 Å². The van der Waals surface area contributed by atoms with Gasteiger partial charge in [0.05, 0.1) is 6.61 Å². The number of aliphatic hydroxyl groups is 4. The lowest BCUT2D eigenvalue weighted by Gasteiger charge is -2.39. The van der Waals surface area contributed by atoms with E-state index < -0.39 is 57.7 Å². The summed E-state index contributed by atoms with van der Waals surface area (Å²) in [4.78, 5) is 0. The molecule has 0 aliphatic carbocycles. The van der Waals surface area contributed by atoms with Gasteiger partial charge >= 0.3 is 0 Å². The molecule has 154 valence electrons. The summed E-state index contributed by atoms with van der Waals surface area (Å²) in [5.41, 5.74) is -1.19. The van der Waals surface area contributed by atoms with Crippen LogP contribution >= 0.6 is 11.8 Å². The molecule has 1 saturated heterocycles. The summed E-state index contributed by atoms with van der Waals surface area (Å²) in [6, 6.07) is 0. The Kier molecular flexibility index (Phi) is 9.92. The zero-order valence-electron chi connectivity index (χ0n) is 13.8. The van der Waals surface area contributed by atoms with Crippen molar-refractivity contribution in [3.8, 4) is 0 Å². The molecule has 14 heteroatoms. The van der Waals surface area contributed by atoms with E-state index in [4.69, 9.17) is 9.84 Å². The third-order valence-electron chi connectivity index (χ3n) is 3.40. The van der Waals surface area contributed by atoms with Gasteiger partial charge in [0.2, 0.25) is 0 Å². The Morgan fingerprint density at radius 3 is 2.46 bits per heavy atom. The topological polar surface area (TPSA) is 186 Å². The summed E-state index contributed by atoms with van der Waals surface area (Å²) in [6.07, 6.45) is -3.21. The van der Waals surface area contributed by atoms with E-state index in [-0.39, 0.29) is 11.5 Å². The Bertz CT molecular complexity index is 596. The molecule has 0 aromatic carbocycles. The molecule has 0 bridgehead atoms. The molecule has 4 N–H and O–H groups in total. The second-order valence-electron chi connectivity index (χ2n) is 5.52. The first-order chi connectivity index (χ1) is 12.0. The second kappa shape index (κ2) is 10.9. The van der Waals surface area contributed by atoms with Crippen molar-refractivity contribution in [1.82, 2.24) is 0 Å². The Morgan fingerprint density at radius 2 is 1.92 bits per heavy atom. The van der Waals surface area contributed by atoms with Gasteiger partial charge in [-0.1, -0.05) is 16.9 Å². The third-order valence-corrected chi connectivity index (χ3v) is 5.70. The van der Waals surface area contributed by atoms with Crippen LogP contribution in [0.1, 0.15) is 19.3 Å². The lowest BCUT2D eigenvalue weighted by Crippen LogP contribution is -2.57. The van der Waals surface area contributed by atoms with Crippen LogP contribution in [0.4, 0.5) is 0 Å². The fourth-order valence-corrected chi connectivity index (χ4v) is 4.04. The van der Waals surface area contributed by atoms with E-state index in [1.165, 1.54) is 6.26 Å². The smallest absolute Gasteiger partial charge is 0.284 e. The minimum Gasteiger partial charge on any atom is -0.714 e. The first-order valence-electron chi connectivity index (χ1n) is 7.53. The average molecular weight is 437 g/mol. The molecule has 0 saturated carbocycles. The number of thioether (sulfide) groups is 1. The van der Waals surface area contributed by atoms with Crippen molar-refractivity contribution in [3.63, 3.8) is 0 Å². The van der Waals surface area contributed by atoms with Crippen LogP contribution in [-0.4, -0.2) is 91.1 Å². The lowest BCUT2D eigenvalue weighted by atomic mass is 10.0. The van der Waals surface area contributed by atoms with Crippen molar-refractivity contribution in [1.29, 1.82) is 0 Å². The maximum absolute atomic E-state index is 11.0. The predicted molar refractivity (Wildman–Crippen MR) is 92.4 cm³/mol. The van der Waals surface area contributed by atoms with E-state index in [1.54, 1.807) is 0 Å². The summed E-state index contributed by atoms with van der Waals surface area (Å²) in [5, 5.41) is 41.9. The summed E-state index contributed by atoms with van der Waals surface area (Å²) in [7, 11) is -6.09. The number of hydrogen-bond donors (Lipinski definition) is 4. The maximum atomic E-state index is 11.0. The quantitative estimate of drug-likeness (QED) is 0.0771. The van der Waals surface area contributed by atoms with Gasteiger partial charge in [0.15, 0.2) is 0 Å². The molecule has 0 aromatic rings. The average Bonchev–Trinajstić information content (AvgIpc) is 2.55. The molecular formula is C12H22NO10S3-. The van der Waals surface area contributed by atoms with Gasteiger partial charge in [-0.3, -0.25) is 8.49 Å². The zero-order chi connectivity index (χ0) is 19.9. The van der Waals surface area contributed by atoms with Crippen LogP contribution in [0.3, 0.4) is 0 Å².